The second-order valence-electron chi connectivity index (χ2n) is 5.84. The Morgan fingerprint density at radius 3 is 3.10 bits per heavy atom. The number of sulfonamides is 1. The standard InChI is InChI=1S/C14H21N3O3S/c1-2-21(18,19)17-7-12-8-20-11-14(12,10-17)9-16-13-5-3-4-6-15-13/h3-6,12H,2,7-11H2,1H3,(H,15,16)/t12-,14+/m1/s1. The summed E-state index contributed by atoms with van der Waals surface area (Å²) in [6.07, 6.45) is 1.74. The maximum Gasteiger partial charge on any atom is 0.213 e. The number of hydrogen-bond donors (Lipinski definition) is 1. The number of anilines is 1. The summed E-state index contributed by atoms with van der Waals surface area (Å²) >= 11 is 0. The maximum atomic E-state index is 12.1. The molecule has 3 heterocycles. The molecule has 116 valence electrons. The first kappa shape index (κ1) is 14.7. The van der Waals surface area contributed by atoms with E-state index in [9.17, 15) is 8.42 Å². The molecule has 1 aromatic rings. The van der Waals surface area contributed by atoms with Gasteiger partial charge < -0.3 is 10.1 Å². The monoisotopic (exact) mass is 311 g/mol. The van der Waals surface area contributed by atoms with E-state index >= 15 is 0 Å². The van der Waals surface area contributed by atoms with Gasteiger partial charge in [-0.2, -0.15) is 0 Å². The van der Waals surface area contributed by atoms with E-state index < -0.39 is 10.0 Å². The Morgan fingerprint density at radius 1 is 1.52 bits per heavy atom. The highest BCUT2D eigenvalue weighted by Gasteiger charge is 2.52. The summed E-state index contributed by atoms with van der Waals surface area (Å²) in [6, 6.07) is 5.71. The molecule has 2 saturated heterocycles. The van der Waals surface area contributed by atoms with Crippen molar-refractivity contribution in [3.8, 4) is 0 Å². The summed E-state index contributed by atoms with van der Waals surface area (Å²) in [7, 11) is -3.13. The number of nitrogens with zero attached hydrogens (tertiary/aromatic N) is 2. The minimum absolute atomic E-state index is 0.139. The third-order valence-electron chi connectivity index (χ3n) is 4.53. The summed E-state index contributed by atoms with van der Waals surface area (Å²) in [5.74, 6) is 1.23. The number of aromatic nitrogens is 1. The molecule has 0 aromatic carbocycles. The molecule has 1 N–H and O–H groups in total. The van der Waals surface area contributed by atoms with E-state index in [1.54, 1.807) is 17.4 Å². The third kappa shape index (κ3) is 2.77. The van der Waals surface area contributed by atoms with Crippen LogP contribution >= 0.6 is 0 Å². The molecular formula is C14H21N3O3S. The summed E-state index contributed by atoms with van der Waals surface area (Å²) < 4.78 is 31.4. The molecule has 2 aliphatic heterocycles. The molecule has 0 radical (unpaired) electrons. The molecule has 7 heteroatoms. The van der Waals surface area contributed by atoms with Gasteiger partial charge in [0.1, 0.15) is 5.82 Å². The van der Waals surface area contributed by atoms with Crippen LogP contribution in [-0.4, -0.2) is 56.3 Å². The topological polar surface area (TPSA) is 71.5 Å². The lowest BCUT2D eigenvalue weighted by Crippen LogP contribution is -2.39. The molecule has 1 aromatic heterocycles. The van der Waals surface area contributed by atoms with Crippen molar-refractivity contribution in [3.05, 3.63) is 24.4 Å². The molecule has 2 atom stereocenters. The number of rotatable bonds is 5. The van der Waals surface area contributed by atoms with Crippen molar-refractivity contribution in [3.63, 3.8) is 0 Å². The molecule has 3 rings (SSSR count). The average Bonchev–Trinajstić information content (AvgIpc) is 3.04. The molecule has 0 saturated carbocycles. The van der Waals surface area contributed by atoms with Crippen molar-refractivity contribution in [1.29, 1.82) is 0 Å². The highest BCUT2D eigenvalue weighted by Crippen LogP contribution is 2.42. The van der Waals surface area contributed by atoms with E-state index in [2.05, 4.69) is 10.3 Å². The zero-order valence-corrected chi connectivity index (χ0v) is 13.0. The van der Waals surface area contributed by atoms with Gasteiger partial charge in [-0.3, -0.25) is 0 Å². The second kappa shape index (κ2) is 5.55. The number of fused-ring (bicyclic) bond motifs is 1. The zero-order chi connectivity index (χ0) is 14.9. The van der Waals surface area contributed by atoms with Crippen molar-refractivity contribution in [2.24, 2.45) is 11.3 Å². The Morgan fingerprint density at radius 2 is 2.38 bits per heavy atom. The van der Waals surface area contributed by atoms with Gasteiger partial charge in [0.25, 0.3) is 0 Å². The van der Waals surface area contributed by atoms with Crippen LogP contribution in [0.5, 0.6) is 0 Å². The molecule has 6 nitrogen and oxygen atoms in total. The zero-order valence-electron chi connectivity index (χ0n) is 12.2. The third-order valence-corrected chi connectivity index (χ3v) is 6.33. The molecule has 0 bridgehead atoms. The normalized spacial score (nSPS) is 29.5. The van der Waals surface area contributed by atoms with Crippen LogP contribution in [-0.2, 0) is 14.8 Å². The SMILES string of the molecule is CCS(=O)(=O)N1C[C@@H]2COC[C@]2(CNc2ccccn2)C1. The predicted molar refractivity (Wildman–Crippen MR) is 80.5 cm³/mol. The lowest BCUT2D eigenvalue weighted by atomic mass is 9.81. The largest absolute Gasteiger partial charge is 0.380 e. The molecule has 0 amide bonds. The van der Waals surface area contributed by atoms with Gasteiger partial charge in [-0.05, 0) is 19.1 Å². The van der Waals surface area contributed by atoms with Crippen LogP contribution in [0.3, 0.4) is 0 Å². The quantitative estimate of drug-likeness (QED) is 0.870. The first-order valence-corrected chi connectivity index (χ1v) is 8.87. The van der Waals surface area contributed by atoms with Gasteiger partial charge in [-0.15, -0.1) is 0 Å². The molecule has 21 heavy (non-hydrogen) atoms. The van der Waals surface area contributed by atoms with E-state index in [1.807, 2.05) is 18.2 Å². The van der Waals surface area contributed by atoms with E-state index in [-0.39, 0.29) is 17.1 Å². The number of pyridine rings is 1. The first-order chi connectivity index (χ1) is 10.1. The Hall–Kier alpha value is -1.18. The summed E-state index contributed by atoms with van der Waals surface area (Å²) in [4.78, 5) is 4.25. The van der Waals surface area contributed by atoms with E-state index in [0.717, 1.165) is 5.82 Å². The minimum atomic E-state index is -3.13. The second-order valence-corrected chi connectivity index (χ2v) is 8.09. The van der Waals surface area contributed by atoms with E-state index in [1.165, 1.54) is 0 Å². The van der Waals surface area contributed by atoms with Crippen LogP contribution in [0.2, 0.25) is 0 Å². The number of nitrogens with one attached hydrogen (secondary N) is 1. The highest BCUT2D eigenvalue weighted by atomic mass is 32.2. The molecule has 2 aliphatic rings. The van der Waals surface area contributed by atoms with E-state index in [0.29, 0.717) is 32.8 Å². The van der Waals surface area contributed by atoms with Crippen LogP contribution in [0.1, 0.15) is 6.92 Å². The Labute approximate surface area is 125 Å². The molecule has 0 aliphatic carbocycles. The Bertz CT molecular complexity index is 593. The summed E-state index contributed by atoms with van der Waals surface area (Å²) in [5, 5.41) is 3.33. The van der Waals surface area contributed by atoms with Crippen LogP contribution in [0.25, 0.3) is 0 Å². The van der Waals surface area contributed by atoms with Crippen molar-refractivity contribution in [2.45, 2.75) is 6.92 Å². The Kier molecular flexibility index (Phi) is 3.90. The first-order valence-electron chi connectivity index (χ1n) is 7.26. The Balaban J connectivity index is 1.73. The van der Waals surface area contributed by atoms with E-state index in [4.69, 9.17) is 4.74 Å². The van der Waals surface area contributed by atoms with Gasteiger partial charge in [0.15, 0.2) is 0 Å². The fraction of sp³-hybridized carbons (Fsp3) is 0.643. The van der Waals surface area contributed by atoms with Gasteiger partial charge in [0, 0.05) is 37.2 Å². The van der Waals surface area contributed by atoms with Crippen LogP contribution in [0.15, 0.2) is 24.4 Å². The van der Waals surface area contributed by atoms with Gasteiger partial charge >= 0.3 is 0 Å². The van der Waals surface area contributed by atoms with Crippen molar-refractivity contribution in [1.82, 2.24) is 9.29 Å². The maximum absolute atomic E-state index is 12.1. The molecule has 2 fully saturated rings. The molecule has 0 spiro atoms. The fourth-order valence-corrected chi connectivity index (χ4v) is 4.39. The average molecular weight is 311 g/mol. The number of hydrogen-bond acceptors (Lipinski definition) is 5. The lowest BCUT2D eigenvalue weighted by Gasteiger charge is -2.27. The van der Waals surface area contributed by atoms with Crippen molar-refractivity contribution in [2.75, 3.05) is 43.9 Å². The van der Waals surface area contributed by atoms with Gasteiger partial charge in [-0.1, -0.05) is 6.07 Å². The predicted octanol–water partition coefficient (Wildman–Crippen LogP) is 0.792. The smallest absolute Gasteiger partial charge is 0.213 e. The number of ether oxygens (including phenoxy) is 1. The summed E-state index contributed by atoms with van der Waals surface area (Å²) in [6.45, 7) is 4.73. The van der Waals surface area contributed by atoms with Crippen molar-refractivity contribution < 1.29 is 13.2 Å². The lowest BCUT2D eigenvalue weighted by molar-refractivity contribution is 0.147. The van der Waals surface area contributed by atoms with Crippen LogP contribution < -0.4 is 5.32 Å². The van der Waals surface area contributed by atoms with Gasteiger partial charge in [0.05, 0.1) is 19.0 Å². The van der Waals surface area contributed by atoms with Crippen LogP contribution in [0.4, 0.5) is 5.82 Å². The summed E-state index contributed by atoms with van der Waals surface area (Å²) in [5.41, 5.74) is -0.139. The van der Waals surface area contributed by atoms with Gasteiger partial charge in [0.2, 0.25) is 10.0 Å². The van der Waals surface area contributed by atoms with Crippen molar-refractivity contribution >= 4 is 15.8 Å². The minimum Gasteiger partial charge on any atom is -0.380 e. The fourth-order valence-electron chi connectivity index (χ4n) is 3.16. The molecular weight excluding hydrogens is 290 g/mol. The van der Waals surface area contributed by atoms with Crippen LogP contribution in [0, 0.1) is 11.3 Å². The molecule has 0 unspecified atom stereocenters. The van der Waals surface area contributed by atoms with Gasteiger partial charge in [-0.25, -0.2) is 17.7 Å². The highest BCUT2D eigenvalue weighted by molar-refractivity contribution is 7.89.